The lowest BCUT2D eigenvalue weighted by atomic mass is 9.61. The van der Waals surface area contributed by atoms with Gasteiger partial charge >= 0.3 is 5.97 Å². The Morgan fingerprint density at radius 1 is 1.06 bits per heavy atom. The lowest BCUT2D eigenvalue weighted by Gasteiger charge is -2.45. The molecule has 3 aliphatic carbocycles. The minimum absolute atomic E-state index is 0.0119. The van der Waals surface area contributed by atoms with E-state index >= 15 is 0 Å². The topological polar surface area (TPSA) is 88.4 Å². The number of ether oxygens (including phenoxy) is 1. The Labute approximate surface area is 293 Å². The lowest BCUT2D eigenvalue weighted by Crippen LogP contribution is -2.49. The van der Waals surface area contributed by atoms with Crippen molar-refractivity contribution in [1.29, 1.82) is 0 Å². The van der Waals surface area contributed by atoms with Crippen molar-refractivity contribution in [2.75, 3.05) is 6.61 Å². The first-order chi connectivity index (χ1) is 22.1. The molecular weight excluding hydrogens is 633 g/mol. The average Bonchev–Trinajstić information content (AvgIpc) is 3.57. The first-order valence-corrected chi connectivity index (χ1v) is 24.3. The molecule has 0 amide bonds. The van der Waals surface area contributed by atoms with Crippen LogP contribution in [-0.2, 0) is 20.1 Å². The fourth-order valence-electron chi connectivity index (χ4n) is 7.96. The standard InChI is InChI=1S/C38H66N4O4Si2/c1-15-44-35(43)34-39-41-42(40-34)25-26(2)31-20-21-32-28(17-16-22-38(31,32)10)18-19-29-23-30(45-47(11,12)36(4,5)6)24-33(27(29)3)46-48(13,14)37(7,8)9/h18-19,26,30-33H,3,15-17,20-25H2,1-2,4-14H3/b28-18+,29-19+/t26-,30-,31-,32+,33+,38-/m1/s1. The van der Waals surface area contributed by atoms with Crippen molar-refractivity contribution < 1.29 is 18.4 Å². The zero-order valence-electron chi connectivity index (χ0n) is 32.5. The highest BCUT2D eigenvalue weighted by Gasteiger charge is 2.51. The number of carbonyl (C=O) groups excluding carboxylic acids is 1. The molecule has 0 aromatic carbocycles. The summed E-state index contributed by atoms with van der Waals surface area (Å²) in [7, 11) is -3.97. The summed E-state index contributed by atoms with van der Waals surface area (Å²) in [5, 5.41) is 12.7. The summed E-state index contributed by atoms with van der Waals surface area (Å²) >= 11 is 0. The predicted molar refractivity (Wildman–Crippen MR) is 200 cm³/mol. The maximum Gasteiger partial charge on any atom is 0.380 e. The molecule has 3 fully saturated rings. The van der Waals surface area contributed by atoms with Gasteiger partial charge in [0.15, 0.2) is 16.6 Å². The summed E-state index contributed by atoms with van der Waals surface area (Å²) in [6, 6.07) is 0. The molecule has 8 nitrogen and oxygen atoms in total. The molecule has 0 aliphatic heterocycles. The zero-order valence-corrected chi connectivity index (χ0v) is 34.5. The number of hydrogen-bond donors (Lipinski definition) is 0. The van der Waals surface area contributed by atoms with Crippen LogP contribution in [0.15, 0.2) is 35.5 Å². The zero-order chi connectivity index (χ0) is 35.9. The van der Waals surface area contributed by atoms with Crippen LogP contribution in [0.25, 0.3) is 0 Å². The van der Waals surface area contributed by atoms with Gasteiger partial charge in [0.1, 0.15) is 0 Å². The van der Waals surface area contributed by atoms with Crippen molar-refractivity contribution in [2.24, 2.45) is 23.2 Å². The number of fused-ring (bicyclic) bond motifs is 1. The minimum atomic E-state index is -2.01. The Kier molecular flexibility index (Phi) is 11.7. The summed E-state index contributed by atoms with van der Waals surface area (Å²) < 4.78 is 19.2. The maximum absolute atomic E-state index is 12.1. The molecule has 0 spiro atoms. The first kappa shape index (κ1) is 38.9. The molecule has 0 N–H and O–H groups in total. The summed E-state index contributed by atoms with van der Waals surface area (Å²) in [5.41, 5.74) is 4.24. The molecule has 0 saturated heterocycles. The van der Waals surface area contributed by atoms with Crippen LogP contribution in [-0.4, -0.2) is 61.6 Å². The molecule has 1 aromatic heterocycles. The van der Waals surface area contributed by atoms with Gasteiger partial charge in [0.2, 0.25) is 0 Å². The molecule has 0 unspecified atom stereocenters. The van der Waals surface area contributed by atoms with Gasteiger partial charge in [-0.1, -0.05) is 79.7 Å². The largest absolute Gasteiger partial charge is 0.460 e. The summed E-state index contributed by atoms with van der Waals surface area (Å²) in [6.07, 6.45) is 12.7. The molecule has 48 heavy (non-hydrogen) atoms. The third kappa shape index (κ3) is 8.35. The number of carbonyl (C=O) groups is 1. The third-order valence-electron chi connectivity index (χ3n) is 12.8. The van der Waals surface area contributed by atoms with Gasteiger partial charge in [0.25, 0.3) is 5.82 Å². The van der Waals surface area contributed by atoms with Crippen molar-refractivity contribution in [2.45, 2.75) is 162 Å². The van der Waals surface area contributed by atoms with E-state index in [4.69, 9.17) is 13.6 Å². The fourth-order valence-corrected chi connectivity index (χ4v) is 10.6. The second-order valence-corrected chi connectivity index (χ2v) is 27.7. The van der Waals surface area contributed by atoms with E-state index < -0.39 is 22.6 Å². The minimum Gasteiger partial charge on any atom is -0.460 e. The predicted octanol–water partition coefficient (Wildman–Crippen LogP) is 9.69. The van der Waals surface area contributed by atoms with Crippen molar-refractivity contribution in [3.8, 4) is 0 Å². The van der Waals surface area contributed by atoms with Gasteiger partial charge in [-0.25, -0.2) is 4.79 Å². The summed E-state index contributed by atoms with van der Waals surface area (Å²) in [6.45, 7) is 35.6. The number of nitrogens with zero attached hydrogens (tertiary/aromatic N) is 4. The second-order valence-electron chi connectivity index (χ2n) is 18.2. The number of aromatic nitrogens is 4. The number of esters is 1. The Bertz CT molecular complexity index is 1390. The Morgan fingerprint density at radius 3 is 2.33 bits per heavy atom. The van der Waals surface area contributed by atoms with Crippen molar-refractivity contribution in [3.63, 3.8) is 0 Å². The molecule has 270 valence electrons. The van der Waals surface area contributed by atoms with Crippen LogP contribution in [0.1, 0.15) is 118 Å². The molecule has 4 rings (SSSR count). The third-order valence-corrected chi connectivity index (χ3v) is 21.8. The number of hydrogen-bond acceptors (Lipinski definition) is 7. The highest BCUT2D eigenvalue weighted by atomic mass is 28.4. The van der Waals surface area contributed by atoms with Gasteiger partial charge in [0.05, 0.1) is 25.4 Å². The van der Waals surface area contributed by atoms with Gasteiger partial charge < -0.3 is 13.6 Å². The highest BCUT2D eigenvalue weighted by molar-refractivity contribution is 6.74. The van der Waals surface area contributed by atoms with E-state index in [1.165, 1.54) is 31.3 Å². The van der Waals surface area contributed by atoms with Crippen molar-refractivity contribution >= 4 is 22.6 Å². The molecule has 1 aromatic rings. The van der Waals surface area contributed by atoms with Crippen LogP contribution in [0.5, 0.6) is 0 Å². The van der Waals surface area contributed by atoms with E-state index in [0.29, 0.717) is 30.9 Å². The fraction of sp³-hybridized carbons (Fsp3) is 0.789. The van der Waals surface area contributed by atoms with Crippen LogP contribution in [0.3, 0.4) is 0 Å². The number of tetrazole rings is 1. The van der Waals surface area contributed by atoms with Gasteiger partial charge in [-0.3, -0.25) is 0 Å². The molecule has 0 radical (unpaired) electrons. The van der Waals surface area contributed by atoms with Gasteiger partial charge in [-0.15, -0.1) is 10.2 Å². The summed E-state index contributed by atoms with van der Waals surface area (Å²) in [5.74, 6) is 0.988. The molecule has 3 aliphatic rings. The van der Waals surface area contributed by atoms with E-state index in [1.54, 1.807) is 17.3 Å². The van der Waals surface area contributed by atoms with Gasteiger partial charge in [-0.2, -0.15) is 4.80 Å². The van der Waals surface area contributed by atoms with E-state index in [-0.39, 0.29) is 33.5 Å². The SMILES string of the molecule is C=C1/C(=C/C=C2\CCC[C@]3(C)[C@@H]([C@H](C)Cn4nnc(C(=O)OCC)n4)CC[C@@H]23)C[C@@H](O[Si](C)(C)C(C)(C)C)C[C@@H]1O[Si](C)(C)C(C)(C)C. The molecular formula is C38H66N4O4Si2. The Hall–Kier alpha value is -1.89. The van der Waals surface area contributed by atoms with E-state index in [1.807, 2.05) is 0 Å². The van der Waals surface area contributed by atoms with Crippen molar-refractivity contribution in [1.82, 2.24) is 20.2 Å². The Balaban J connectivity index is 1.56. The first-order valence-electron chi connectivity index (χ1n) is 18.5. The van der Waals surface area contributed by atoms with Gasteiger partial charge in [-0.05, 0) is 121 Å². The van der Waals surface area contributed by atoms with E-state index in [0.717, 1.165) is 24.8 Å². The van der Waals surface area contributed by atoms with E-state index in [9.17, 15) is 4.79 Å². The Morgan fingerprint density at radius 2 is 1.71 bits per heavy atom. The highest BCUT2D eigenvalue weighted by Crippen LogP contribution is 2.59. The van der Waals surface area contributed by atoms with Crippen molar-refractivity contribution in [3.05, 3.63) is 41.3 Å². The maximum atomic E-state index is 12.1. The molecule has 1 heterocycles. The van der Waals surface area contributed by atoms with E-state index in [2.05, 4.69) is 116 Å². The summed E-state index contributed by atoms with van der Waals surface area (Å²) in [4.78, 5) is 13.7. The normalized spacial score (nSPS) is 29.7. The molecule has 3 saturated carbocycles. The average molecular weight is 699 g/mol. The van der Waals surface area contributed by atoms with Crippen LogP contribution in [0.4, 0.5) is 0 Å². The number of rotatable bonds is 10. The lowest BCUT2D eigenvalue weighted by molar-refractivity contribution is 0.0510. The number of allylic oxidation sites excluding steroid dienone is 3. The quantitative estimate of drug-likeness (QED) is 0.178. The van der Waals surface area contributed by atoms with Crippen LogP contribution >= 0.6 is 0 Å². The smallest absolute Gasteiger partial charge is 0.380 e. The van der Waals surface area contributed by atoms with Crippen LogP contribution in [0, 0.1) is 23.2 Å². The molecule has 6 atom stereocenters. The van der Waals surface area contributed by atoms with Crippen LogP contribution in [0.2, 0.25) is 36.3 Å². The molecule has 0 bridgehead atoms. The molecule has 10 heteroatoms. The monoisotopic (exact) mass is 698 g/mol. The van der Waals surface area contributed by atoms with Gasteiger partial charge in [0, 0.05) is 6.42 Å². The van der Waals surface area contributed by atoms with Crippen LogP contribution < -0.4 is 0 Å². The second kappa shape index (κ2) is 14.4.